The molecule has 7 heteroatoms. The van der Waals surface area contributed by atoms with Crippen LogP contribution in [0, 0.1) is 6.92 Å². The molecule has 0 aliphatic heterocycles. The van der Waals surface area contributed by atoms with Gasteiger partial charge >= 0.3 is 5.97 Å². The van der Waals surface area contributed by atoms with Gasteiger partial charge < -0.3 is 10.4 Å². The SMILES string of the molecule is Cc1ccc(NC(=O)c2snnc2C(C)C)cc1C(=O)O. The fraction of sp³-hybridized carbons (Fsp3) is 0.286. The van der Waals surface area contributed by atoms with Gasteiger partial charge in [-0.3, -0.25) is 4.79 Å². The Morgan fingerprint density at radius 3 is 2.67 bits per heavy atom. The molecule has 0 aliphatic rings. The van der Waals surface area contributed by atoms with E-state index in [1.807, 2.05) is 13.8 Å². The molecule has 6 nitrogen and oxygen atoms in total. The van der Waals surface area contributed by atoms with Gasteiger partial charge in [0.15, 0.2) is 0 Å². The molecule has 0 saturated heterocycles. The number of hydrogen-bond acceptors (Lipinski definition) is 5. The summed E-state index contributed by atoms with van der Waals surface area (Å²) in [4.78, 5) is 23.8. The van der Waals surface area contributed by atoms with Crippen molar-refractivity contribution in [2.75, 3.05) is 5.32 Å². The number of carbonyl (C=O) groups excluding carboxylic acids is 1. The van der Waals surface area contributed by atoms with Crippen LogP contribution in [0.15, 0.2) is 18.2 Å². The normalized spacial score (nSPS) is 10.7. The van der Waals surface area contributed by atoms with E-state index in [1.54, 1.807) is 19.1 Å². The molecular formula is C14H15N3O3S. The highest BCUT2D eigenvalue weighted by Gasteiger charge is 2.19. The molecule has 2 N–H and O–H groups in total. The number of amides is 1. The van der Waals surface area contributed by atoms with Gasteiger partial charge in [0.05, 0.1) is 11.3 Å². The van der Waals surface area contributed by atoms with Crippen molar-refractivity contribution in [1.29, 1.82) is 0 Å². The lowest BCUT2D eigenvalue weighted by Crippen LogP contribution is -2.13. The van der Waals surface area contributed by atoms with E-state index in [0.717, 1.165) is 11.5 Å². The first-order chi connectivity index (χ1) is 9.90. The number of carbonyl (C=O) groups is 2. The van der Waals surface area contributed by atoms with E-state index in [9.17, 15) is 9.59 Å². The summed E-state index contributed by atoms with van der Waals surface area (Å²) < 4.78 is 3.80. The molecule has 0 fully saturated rings. The molecule has 0 radical (unpaired) electrons. The van der Waals surface area contributed by atoms with Crippen molar-refractivity contribution in [3.63, 3.8) is 0 Å². The lowest BCUT2D eigenvalue weighted by Gasteiger charge is -2.08. The van der Waals surface area contributed by atoms with Crippen molar-refractivity contribution in [2.45, 2.75) is 26.7 Å². The van der Waals surface area contributed by atoms with Crippen LogP contribution in [0.25, 0.3) is 0 Å². The smallest absolute Gasteiger partial charge is 0.336 e. The molecule has 1 amide bonds. The van der Waals surface area contributed by atoms with Crippen LogP contribution in [0.1, 0.15) is 51.1 Å². The Labute approximate surface area is 126 Å². The van der Waals surface area contributed by atoms with Crippen molar-refractivity contribution in [2.24, 2.45) is 0 Å². The van der Waals surface area contributed by atoms with Crippen LogP contribution in [0.3, 0.4) is 0 Å². The van der Waals surface area contributed by atoms with Crippen LogP contribution >= 0.6 is 11.5 Å². The molecule has 0 unspecified atom stereocenters. The predicted molar refractivity (Wildman–Crippen MR) is 80.1 cm³/mol. The highest BCUT2D eigenvalue weighted by Crippen LogP contribution is 2.22. The molecule has 0 aliphatic carbocycles. The van der Waals surface area contributed by atoms with E-state index in [4.69, 9.17) is 5.11 Å². The van der Waals surface area contributed by atoms with E-state index in [0.29, 0.717) is 21.8 Å². The third-order valence-corrected chi connectivity index (χ3v) is 3.73. The molecular weight excluding hydrogens is 290 g/mol. The first-order valence-electron chi connectivity index (χ1n) is 6.37. The average molecular weight is 305 g/mol. The molecule has 21 heavy (non-hydrogen) atoms. The maximum Gasteiger partial charge on any atom is 0.336 e. The maximum atomic E-state index is 12.2. The molecule has 110 valence electrons. The van der Waals surface area contributed by atoms with Crippen molar-refractivity contribution >= 4 is 29.1 Å². The van der Waals surface area contributed by atoms with Gasteiger partial charge in [-0.15, -0.1) is 5.10 Å². The standard InChI is InChI=1S/C14H15N3O3S/c1-7(2)11-12(21-17-16-11)13(18)15-9-5-4-8(3)10(6-9)14(19)20/h4-7H,1-3H3,(H,15,18)(H,19,20). The second-order valence-electron chi connectivity index (χ2n) is 4.93. The number of nitrogens with one attached hydrogen (secondary N) is 1. The number of benzene rings is 1. The number of aromatic nitrogens is 2. The zero-order valence-electron chi connectivity index (χ0n) is 11.9. The molecule has 1 aromatic heterocycles. The van der Waals surface area contributed by atoms with Crippen LogP contribution in [-0.4, -0.2) is 26.6 Å². The van der Waals surface area contributed by atoms with Gasteiger partial charge in [0.25, 0.3) is 5.91 Å². The van der Waals surface area contributed by atoms with Crippen LogP contribution in [0.2, 0.25) is 0 Å². The number of anilines is 1. The van der Waals surface area contributed by atoms with Crippen LogP contribution < -0.4 is 5.32 Å². The number of rotatable bonds is 4. The number of nitrogens with zero attached hydrogens (tertiary/aromatic N) is 2. The Hall–Kier alpha value is -2.28. The fourth-order valence-corrected chi connectivity index (χ4v) is 2.57. The minimum atomic E-state index is -1.02. The van der Waals surface area contributed by atoms with Crippen LogP contribution in [-0.2, 0) is 0 Å². The van der Waals surface area contributed by atoms with E-state index in [2.05, 4.69) is 14.9 Å². The Kier molecular flexibility index (Phi) is 4.32. The molecule has 2 aromatic rings. The average Bonchev–Trinajstić information content (AvgIpc) is 2.90. The topological polar surface area (TPSA) is 92.2 Å². The van der Waals surface area contributed by atoms with Gasteiger partial charge in [0, 0.05) is 5.69 Å². The lowest BCUT2D eigenvalue weighted by atomic mass is 10.1. The van der Waals surface area contributed by atoms with Crippen molar-refractivity contribution < 1.29 is 14.7 Å². The lowest BCUT2D eigenvalue weighted by molar-refractivity contribution is 0.0695. The van der Waals surface area contributed by atoms with Gasteiger partial charge in [-0.2, -0.15) is 0 Å². The largest absolute Gasteiger partial charge is 0.478 e. The monoisotopic (exact) mass is 305 g/mol. The molecule has 0 atom stereocenters. The predicted octanol–water partition coefficient (Wildman–Crippen LogP) is 2.92. The van der Waals surface area contributed by atoms with E-state index in [1.165, 1.54) is 6.07 Å². The van der Waals surface area contributed by atoms with Crippen LogP contribution in [0.5, 0.6) is 0 Å². The Bertz CT molecular complexity index is 695. The minimum absolute atomic E-state index is 0.0945. The second-order valence-corrected chi connectivity index (χ2v) is 5.69. The minimum Gasteiger partial charge on any atom is -0.478 e. The molecule has 0 bridgehead atoms. The molecule has 2 rings (SSSR count). The molecule has 1 aromatic carbocycles. The van der Waals surface area contributed by atoms with Crippen molar-refractivity contribution in [3.05, 3.63) is 39.9 Å². The van der Waals surface area contributed by atoms with E-state index >= 15 is 0 Å². The zero-order chi connectivity index (χ0) is 15.6. The Balaban J connectivity index is 2.26. The summed E-state index contributed by atoms with van der Waals surface area (Å²) in [6.45, 7) is 5.57. The quantitative estimate of drug-likeness (QED) is 0.906. The molecule has 0 spiro atoms. The van der Waals surface area contributed by atoms with Gasteiger partial charge in [0.1, 0.15) is 4.88 Å². The fourth-order valence-electron chi connectivity index (χ4n) is 1.85. The Morgan fingerprint density at radius 2 is 2.05 bits per heavy atom. The van der Waals surface area contributed by atoms with Gasteiger partial charge in [-0.25, -0.2) is 4.79 Å². The third-order valence-electron chi connectivity index (χ3n) is 2.99. The number of hydrogen-bond donors (Lipinski definition) is 2. The molecule has 1 heterocycles. The number of aromatic carboxylic acids is 1. The van der Waals surface area contributed by atoms with Gasteiger partial charge in [-0.05, 0) is 42.1 Å². The second kappa shape index (κ2) is 6.01. The number of aryl methyl sites for hydroxylation is 1. The Morgan fingerprint density at radius 1 is 1.33 bits per heavy atom. The maximum absolute atomic E-state index is 12.2. The van der Waals surface area contributed by atoms with Gasteiger partial charge in [0.2, 0.25) is 0 Å². The van der Waals surface area contributed by atoms with E-state index in [-0.39, 0.29) is 17.4 Å². The summed E-state index contributed by atoms with van der Waals surface area (Å²) in [6.07, 6.45) is 0. The first kappa shape index (κ1) is 15.1. The number of carboxylic acids is 1. The van der Waals surface area contributed by atoms with Crippen molar-refractivity contribution in [1.82, 2.24) is 9.59 Å². The number of carboxylic acid groups (broad SMARTS) is 1. The summed E-state index contributed by atoms with van der Waals surface area (Å²) in [6, 6.07) is 4.77. The van der Waals surface area contributed by atoms with Gasteiger partial charge in [-0.1, -0.05) is 24.4 Å². The summed E-state index contributed by atoms with van der Waals surface area (Å²) in [5, 5.41) is 15.7. The molecule has 0 saturated carbocycles. The van der Waals surface area contributed by atoms with E-state index < -0.39 is 5.97 Å². The van der Waals surface area contributed by atoms with Crippen LogP contribution in [0.4, 0.5) is 5.69 Å². The zero-order valence-corrected chi connectivity index (χ0v) is 12.7. The highest BCUT2D eigenvalue weighted by molar-refractivity contribution is 7.08. The highest BCUT2D eigenvalue weighted by atomic mass is 32.1. The summed E-state index contributed by atoms with van der Waals surface area (Å²) in [7, 11) is 0. The summed E-state index contributed by atoms with van der Waals surface area (Å²) in [5.41, 5.74) is 1.89. The third kappa shape index (κ3) is 3.25. The summed E-state index contributed by atoms with van der Waals surface area (Å²) in [5.74, 6) is -1.25. The van der Waals surface area contributed by atoms with Crippen molar-refractivity contribution in [3.8, 4) is 0 Å². The summed E-state index contributed by atoms with van der Waals surface area (Å²) >= 11 is 1.03. The first-order valence-corrected chi connectivity index (χ1v) is 7.15.